The lowest BCUT2D eigenvalue weighted by atomic mass is 10.1. The second kappa shape index (κ2) is 4.38. The Kier molecular flexibility index (Phi) is 2.79. The molecule has 2 aromatic rings. The number of ketones is 2. The minimum Gasteiger partial charge on any atom is -0.288 e. The van der Waals surface area contributed by atoms with Crippen molar-refractivity contribution >= 4 is 22.9 Å². The summed E-state index contributed by atoms with van der Waals surface area (Å²) in [7, 11) is 0. The molecular weight excluding hydrogens is 291 g/mol. The predicted octanol–water partition coefficient (Wildman–Crippen LogP) is 3.16. The summed E-state index contributed by atoms with van der Waals surface area (Å²) in [6, 6.07) is 1.54. The number of allylic oxidation sites excluding steroid dienone is 2. The largest absolute Gasteiger partial charge is 0.288 e. The van der Waals surface area contributed by atoms with Crippen molar-refractivity contribution in [1.82, 2.24) is 4.98 Å². The minimum absolute atomic E-state index is 0.0265. The Morgan fingerprint density at radius 3 is 2.15 bits per heavy atom. The zero-order valence-corrected chi connectivity index (χ0v) is 10.4. The van der Waals surface area contributed by atoms with Gasteiger partial charge in [0.2, 0.25) is 5.78 Å². The van der Waals surface area contributed by atoms with Gasteiger partial charge in [0.05, 0.1) is 0 Å². The van der Waals surface area contributed by atoms with Gasteiger partial charge < -0.3 is 0 Å². The maximum Gasteiger partial charge on any atom is 0.205 e. The molecule has 0 spiro atoms. The lowest BCUT2D eigenvalue weighted by molar-refractivity contribution is 0.0994. The van der Waals surface area contributed by atoms with Crippen LogP contribution in [0.3, 0.4) is 0 Å². The molecule has 0 bridgehead atoms. The highest BCUT2D eigenvalue weighted by atomic mass is 32.1. The van der Waals surface area contributed by atoms with Crippen molar-refractivity contribution in [2.75, 3.05) is 0 Å². The lowest BCUT2D eigenvalue weighted by Crippen LogP contribution is -2.08. The van der Waals surface area contributed by atoms with Crippen LogP contribution < -0.4 is 0 Å². The van der Waals surface area contributed by atoms with Gasteiger partial charge in [0.15, 0.2) is 23.2 Å². The summed E-state index contributed by atoms with van der Waals surface area (Å²) in [6.07, 6.45) is 2.19. The number of aromatic nitrogens is 1. The number of fused-ring (bicyclic) bond motifs is 1. The third kappa shape index (κ3) is 1.87. The van der Waals surface area contributed by atoms with E-state index in [4.69, 9.17) is 0 Å². The molecule has 1 heterocycles. The van der Waals surface area contributed by atoms with Gasteiger partial charge in [-0.1, -0.05) is 0 Å². The molecule has 7 heteroatoms. The third-order valence-corrected chi connectivity index (χ3v) is 3.82. The number of nitrogens with zero attached hydrogens (tertiary/aromatic N) is 1. The number of hydrogen-bond acceptors (Lipinski definition) is 4. The summed E-state index contributed by atoms with van der Waals surface area (Å²) < 4.78 is 39.2. The van der Waals surface area contributed by atoms with Crippen LogP contribution in [0.15, 0.2) is 24.3 Å². The molecular formula is C13H4F3NO2S. The first-order chi connectivity index (χ1) is 9.47. The number of thiazole rings is 1. The van der Waals surface area contributed by atoms with Gasteiger partial charge in [0.25, 0.3) is 0 Å². The molecule has 3 rings (SSSR count). The van der Waals surface area contributed by atoms with E-state index < -0.39 is 29.0 Å². The summed E-state index contributed by atoms with van der Waals surface area (Å²) in [5.41, 5.74) is -0.0796. The molecule has 100 valence electrons. The Morgan fingerprint density at radius 1 is 0.950 bits per heavy atom. The Hall–Kier alpha value is -2.28. The van der Waals surface area contributed by atoms with Crippen molar-refractivity contribution in [1.29, 1.82) is 0 Å². The van der Waals surface area contributed by atoms with Gasteiger partial charge in [0.1, 0.15) is 15.6 Å². The van der Waals surface area contributed by atoms with Gasteiger partial charge in [-0.2, -0.15) is 0 Å². The number of carbonyl (C=O) groups excluding carboxylic acids is 2. The standard InChI is InChI=1S/C13H4F3NO2S/c14-6-3-5(4-7(15)10(6)16)13-17-11-8(18)1-2-9(19)12(11)20-13/h1-4H. The highest BCUT2D eigenvalue weighted by Gasteiger charge is 2.25. The van der Waals surface area contributed by atoms with Crippen LogP contribution in [0.25, 0.3) is 10.6 Å². The van der Waals surface area contributed by atoms with E-state index >= 15 is 0 Å². The van der Waals surface area contributed by atoms with Crippen LogP contribution in [0.2, 0.25) is 0 Å². The molecule has 1 aromatic heterocycles. The fraction of sp³-hybridized carbons (Fsp3) is 0. The first-order valence-corrected chi connectivity index (χ1v) is 6.21. The Balaban J connectivity index is 2.16. The average molecular weight is 295 g/mol. The number of carbonyl (C=O) groups is 2. The second-order valence-corrected chi connectivity index (χ2v) is 5.01. The van der Waals surface area contributed by atoms with E-state index in [-0.39, 0.29) is 21.1 Å². The van der Waals surface area contributed by atoms with Gasteiger partial charge in [0, 0.05) is 5.56 Å². The lowest BCUT2D eigenvalue weighted by Gasteiger charge is -1.99. The molecule has 1 aliphatic rings. The van der Waals surface area contributed by atoms with E-state index in [0.29, 0.717) is 0 Å². The zero-order chi connectivity index (χ0) is 14.4. The van der Waals surface area contributed by atoms with Gasteiger partial charge in [-0.3, -0.25) is 9.59 Å². The monoisotopic (exact) mass is 295 g/mol. The molecule has 0 unspecified atom stereocenters. The number of benzene rings is 1. The molecule has 0 saturated carbocycles. The molecule has 0 radical (unpaired) electrons. The van der Waals surface area contributed by atoms with Gasteiger partial charge in [-0.05, 0) is 24.3 Å². The summed E-state index contributed by atoms with van der Waals surface area (Å²) >= 11 is 0.835. The van der Waals surface area contributed by atoms with Crippen LogP contribution in [0, 0.1) is 17.5 Å². The molecule has 0 aliphatic heterocycles. The van der Waals surface area contributed by atoms with E-state index in [2.05, 4.69) is 4.98 Å². The van der Waals surface area contributed by atoms with Crippen LogP contribution in [0.1, 0.15) is 20.2 Å². The molecule has 0 amide bonds. The van der Waals surface area contributed by atoms with Crippen LogP contribution in [-0.2, 0) is 0 Å². The molecule has 1 aliphatic carbocycles. The fourth-order valence-corrected chi connectivity index (χ4v) is 2.74. The van der Waals surface area contributed by atoms with Crippen molar-refractivity contribution < 1.29 is 22.8 Å². The molecule has 3 nitrogen and oxygen atoms in total. The van der Waals surface area contributed by atoms with Gasteiger partial charge in [-0.15, -0.1) is 11.3 Å². The normalized spacial score (nSPS) is 13.8. The van der Waals surface area contributed by atoms with Crippen LogP contribution in [0.4, 0.5) is 13.2 Å². The smallest absolute Gasteiger partial charge is 0.205 e. The number of rotatable bonds is 1. The summed E-state index contributed by atoms with van der Waals surface area (Å²) in [4.78, 5) is 27.2. The Labute approximate surface area is 114 Å². The van der Waals surface area contributed by atoms with E-state index in [0.717, 1.165) is 35.6 Å². The van der Waals surface area contributed by atoms with E-state index in [1.54, 1.807) is 0 Å². The van der Waals surface area contributed by atoms with Crippen molar-refractivity contribution in [2.24, 2.45) is 0 Å². The maximum atomic E-state index is 13.2. The maximum absolute atomic E-state index is 13.2. The van der Waals surface area contributed by atoms with Crippen LogP contribution >= 0.6 is 11.3 Å². The number of hydrogen-bond donors (Lipinski definition) is 0. The number of halogens is 3. The van der Waals surface area contributed by atoms with Crippen LogP contribution in [-0.4, -0.2) is 16.6 Å². The second-order valence-electron chi connectivity index (χ2n) is 4.01. The van der Waals surface area contributed by atoms with E-state index in [1.165, 1.54) is 0 Å². The summed E-state index contributed by atoms with van der Waals surface area (Å²) in [6.45, 7) is 0. The summed E-state index contributed by atoms with van der Waals surface area (Å²) in [5, 5.41) is 0.0817. The molecule has 0 atom stereocenters. The van der Waals surface area contributed by atoms with Gasteiger partial charge in [-0.25, -0.2) is 18.2 Å². The van der Waals surface area contributed by atoms with Gasteiger partial charge >= 0.3 is 0 Å². The molecule has 0 N–H and O–H groups in total. The molecule has 0 saturated heterocycles. The van der Waals surface area contributed by atoms with Crippen molar-refractivity contribution in [3.05, 3.63) is 52.3 Å². The quantitative estimate of drug-likeness (QED) is 0.759. The average Bonchev–Trinajstić information content (AvgIpc) is 2.86. The van der Waals surface area contributed by atoms with Crippen molar-refractivity contribution in [3.8, 4) is 10.6 Å². The minimum atomic E-state index is -1.58. The van der Waals surface area contributed by atoms with E-state index in [1.807, 2.05) is 0 Å². The van der Waals surface area contributed by atoms with Crippen molar-refractivity contribution in [3.63, 3.8) is 0 Å². The predicted molar refractivity (Wildman–Crippen MR) is 65.2 cm³/mol. The van der Waals surface area contributed by atoms with Crippen LogP contribution in [0.5, 0.6) is 0 Å². The van der Waals surface area contributed by atoms with E-state index in [9.17, 15) is 22.8 Å². The first-order valence-electron chi connectivity index (χ1n) is 5.40. The SMILES string of the molecule is O=C1C=CC(=O)c2sc(-c3cc(F)c(F)c(F)c3)nc21. The van der Waals surface area contributed by atoms with Crippen molar-refractivity contribution in [2.45, 2.75) is 0 Å². The Morgan fingerprint density at radius 2 is 1.55 bits per heavy atom. The highest BCUT2D eigenvalue weighted by Crippen LogP contribution is 2.32. The first kappa shape index (κ1) is 12.7. The topological polar surface area (TPSA) is 47.0 Å². The fourth-order valence-electron chi connectivity index (χ4n) is 1.76. The Bertz CT molecular complexity index is 736. The molecule has 1 aromatic carbocycles. The molecule has 20 heavy (non-hydrogen) atoms. The third-order valence-electron chi connectivity index (χ3n) is 2.70. The highest BCUT2D eigenvalue weighted by molar-refractivity contribution is 7.17. The summed E-state index contributed by atoms with van der Waals surface area (Å²) in [5.74, 6) is -5.15. The zero-order valence-electron chi connectivity index (χ0n) is 9.62. The molecule has 0 fully saturated rings.